The van der Waals surface area contributed by atoms with Crippen molar-refractivity contribution in [2.75, 3.05) is 32.1 Å². The van der Waals surface area contributed by atoms with Crippen molar-refractivity contribution in [1.29, 1.82) is 0 Å². The Labute approximate surface area is 147 Å². The van der Waals surface area contributed by atoms with Crippen LogP contribution in [0.4, 0.5) is 10.5 Å². The number of hydrogen-bond donors (Lipinski definition) is 1. The van der Waals surface area contributed by atoms with Crippen LogP contribution >= 0.6 is 0 Å². The van der Waals surface area contributed by atoms with Gasteiger partial charge < -0.3 is 19.7 Å². The first kappa shape index (κ1) is 17.3. The van der Waals surface area contributed by atoms with Crippen molar-refractivity contribution in [2.45, 2.75) is 25.5 Å². The summed E-state index contributed by atoms with van der Waals surface area (Å²) >= 11 is 0. The maximum absolute atomic E-state index is 12.4. The third-order valence-electron chi connectivity index (χ3n) is 4.23. The molecule has 1 fully saturated rings. The molecule has 1 aliphatic rings. The molecule has 3 rings (SSSR count). The predicted octanol–water partition coefficient (Wildman–Crippen LogP) is 2.60. The van der Waals surface area contributed by atoms with E-state index in [2.05, 4.69) is 10.4 Å². The molecule has 0 radical (unpaired) electrons. The number of ether oxygens (including phenoxy) is 2. The number of benzene rings is 1. The summed E-state index contributed by atoms with van der Waals surface area (Å²) in [7, 11) is 1.69. The van der Waals surface area contributed by atoms with Gasteiger partial charge in [-0.1, -0.05) is 6.07 Å². The van der Waals surface area contributed by atoms with E-state index in [1.807, 2.05) is 41.2 Å². The summed E-state index contributed by atoms with van der Waals surface area (Å²) in [5.41, 5.74) is 0.723. The van der Waals surface area contributed by atoms with Gasteiger partial charge in [0, 0.05) is 44.3 Å². The van der Waals surface area contributed by atoms with E-state index in [9.17, 15) is 4.79 Å². The van der Waals surface area contributed by atoms with Crippen LogP contribution in [0, 0.1) is 0 Å². The van der Waals surface area contributed by atoms with Crippen LogP contribution in [-0.2, 0) is 11.3 Å². The monoisotopic (exact) mass is 344 g/mol. The van der Waals surface area contributed by atoms with Crippen molar-refractivity contribution >= 4 is 11.7 Å². The Morgan fingerprint density at radius 1 is 1.40 bits per heavy atom. The van der Waals surface area contributed by atoms with Crippen LogP contribution in [0.1, 0.15) is 12.8 Å². The molecule has 1 aromatic heterocycles. The molecule has 2 aromatic rings. The molecule has 0 aliphatic carbocycles. The Morgan fingerprint density at radius 3 is 3.12 bits per heavy atom. The highest BCUT2D eigenvalue weighted by Crippen LogP contribution is 2.19. The van der Waals surface area contributed by atoms with Crippen molar-refractivity contribution in [3.63, 3.8) is 0 Å². The normalized spacial score (nSPS) is 17.3. The van der Waals surface area contributed by atoms with Gasteiger partial charge in [-0.05, 0) is 31.0 Å². The predicted molar refractivity (Wildman–Crippen MR) is 94.8 cm³/mol. The number of amides is 2. The third-order valence-corrected chi connectivity index (χ3v) is 4.23. The highest BCUT2D eigenvalue weighted by Gasteiger charge is 2.23. The van der Waals surface area contributed by atoms with Crippen molar-refractivity contribution in [3.05, 3.63) is 42.7 Å². The minimum atomic E-state index is -0.101. The smallest absolute Gasteiger partial charge is 0.321 e. The van der Waals surface area contributed by atoms with Gasteiger partial charge in [-0.2, -0.15) is 5.10 Å². The van der Waals surface area contributed by atoms with Gasteiger partial charge in [0.05, 0.1) is 12.6 Å². The minimum Gasteiger partial charge on any atom is -0.492 e. The van der Waals surface area contributed by atoms with E-state index in [-0.39, 0.29) is 12.1 Å². The van der Waals surface area contributed by atoms with Crippen LogP contribution < -0.4 is 10.1 Å². The van der Waals surface area contributed by atoms with Gasteiger partial charge in [-0.3, -0.25) is 4.68 Å². The fourth-order valence-electron chi connectivity index (χ4n) is 2.87. The van der Waals surface area contributed by atoms with Crippen LogP contribution in [0.5, 0.6) is 5.75 Å². The fourth-order valence-corrected chi connectivity index (χ4v) is 2.87. The minimum absolute atomic E-state index is 0.101. The van der Waals surface area contributed by atoms with E-state index >= 15 is 0 Å². The molecule has 1 unspecified atom stereocenters. The maximum atomic E-state index is 12.4. The maximum Gasteiger partial charge on any atom is 0.321 e. The van der Waals surface area contributed by atoms with Gasteiger partial charge in [0.15, 0.2) is 0 Å². The molecule has 0 bridgehead atoms. The van der Waals surface area contributed by atoms with E-state index in [0.717, 1.165) is 30.8 Å². The molecule has 1 aliphatic heterocycles. The molecular weight excluding hydrogens is 320 g/mol. The first-order valence-corrected chi connectivity index (χ1v) is 8.53. The second-order valence-corrected chi connectivity index (χ2v) is 6.02. The molecule has 0 saturated carbocycles. The third kappa shape index (κ3) is 4.96. The van der Waals surface area contributed by atoms with E-state index in [0.29, 0.717) is 19.7 Å². The van der Waals surface area contributed by atoms with Gasteiger partial charge in [-0.15, -0.1) is 0 Å². The zero-order valence-electron chi connectivity index (χ0n) is 14.4. The molecule has 2 heterocycles. The number of nitrogens with one attached hydrogen (secondary N) is 1. The number of aromatic nitrogens is 2. The summed E-state index contributed by atoms with van der Waals surface area (Å²) in [6.07, 6.45) is 5.72. The number of nitrogens with zero attached hydrogens (tertiary/aromatic N) is 3. The number of methoxy groups -OCH3 is 1. The number of carbonyl (C=O) groups is 1. The Morgan fingerprint density at radius 2 is 2.32 bits per heavy atom. The van der Waals surface area contributed by atoms with Gasteiger partial charge in [0.1, 0.15) is 12.4 Å². The molecule has 1 saturated heterocycles. The fraction of sp³-hybridized carbons (Fsp3) is 0.444. The highest BCUT2D eigenvalue weighted by atomic mass is 16.5. The lowest BCUT2D eigenvalue weighted by molar-refractivity contribution is 0.0458. The van der Waals surface area contributed by atoms with Crippen LogP contribution in [-0.4, -0.2) is 53.6 Å². The number of rotatable bonds is 6. The number of piperidine rings is 1. The Hall–Kier alpha value is -2.54. The Bertz CT molecular complexity index is 675. The van der Waals surface area contributed by atoms with E-state index < -0.39 is 0 Å². The number of urea groups is 1. The van der Waals surface area contributed by atoms with Crippen LogP contribution in [0.25, 0.3) is 0 Å². The quantitative estimate of drug-likeness (QED) is 0.875. The second kappa shape index (κ2) is 8.53. The molecule has 134 valence electrons. The van der Waals surface area contributed by atoms with Gasteiger partial charge >= 0.3 is 6.03 Å². The average molecular weight is 344 g/mol. The number of anilines is 1. The standard InChI is InChI=1S/C18H24N4O3/c1-24-17-7-3-9-21(14-17)18(23)20-15-5-2-6-16(13-15)25-12-11-22-10-4-8-19-22/h2,4-6,8,10,13,17H,3,7,9,11-12,14H2,1H3,(H,20,23). The van der Waals surface area contributed by atoms with Crippen molar-refractivity contribution in [1.82, 2.24) is 14.7 Å². The van der Waals surface area contributed by atoms with Crippen LogP contribution in [0.15, 0.2) is 42.7 Å². The lowest BCUT2D eigenvalue weighted by Gasteiger charge is -2.31. The second-order valence-electron chi connectivity index (χ2n) is 6.02. The van der Waals surface area contributed by atoms with Gasteiger partial charge in [0.25, 0.3) is 0 Å². The summed E-state index contributed by atoms with van der Waals surface area (Å²) in [5.74, 6) is 0.721. The van der Waals surface area contributed by atoms with Gasteiger partial charge in [-0.25, -0.2) is 4.79 Å². The lowest BCUT2D eigenvalue weighted by Crippen LogP contribution is -2.44. The highest BCUT2D eigenvalue weighted by molar-refractivity contribution is 5.89. The summed E-state index contributed by atoms with van der Waals surface area (Å²) in [5, 5.41) is 7.07. The van der Waals surface area contributed by atoms with E-state index in [1.54, 1.807) is 18.2 Å². The van der Waals surface area contributed by atoms with Crippen LogP contribution in [0.3, 0.4) is 0 Å². The molecule has 7 nitrogen and oxygen atoms in total. The number of likely N-dealkylation sites (tertiary alicyclic amines) is 1. The SMILES string of the molecule is COC1CCCN(C(=O)Nc2cccc(OCCn3cccn3)c2)C1. The summed E-state index contributed by atoms with van der Waals surface area (Å²) in [6.45, 7) is 2.57. The summed E-state index contributed by atoms with van der Waals surface area (Å²) in [6, 6.07) is 9.21. The zero-order chi connectivity index (χ0) is 17.5. The number of hydrogen-bond acceptors (Lipinski definition) is 4. The number of carbonyl (C=O) groups excluding carboxylic acids is 1. The molecular formula is C18H24N4O3. The Kier molecular flexibility index (Phi) is 5.90. The van der Waals surface area contributed by atoms with Crippen molar-refractivity contribution in [3.8, 4) is 5.75 Å². The topological polar surface area (TPSA) is 68.6 Å². The van der Waals surface area contributed by atoms with E-state index in [4.69, 9.17) is 9.47 Å². The first-order chi connectivity index (χ1) is 12.2. The molecule has 25 heavy (non-hydrogen) atoms. The lowest BCUT2D eigenvalue weighted by atomic mass is 10.1. The first-order valence-electron chi connectivity index (χ1n) is 8.53. The van der Waals surface area contributed by atoms with E-state index in [1.165, 1.54) is 0 Å². The Balaban J connectivity index is 1.51. The summed E-state index contributed by atoms with van der Waals surface area (Å²) < 4.78 is 12.9. The van der Waals surface area contributed by atoms with Crippen molar-refractivity contribution in [2.24, 2.45) is 0 Å². The van der Waals surface area contributed by atoms with Crippen molar-refractivity contribution < 1.29 is 14.3 Å². The largest absolute Gasteiger partial charge is 0.492 e. The van der Waals surface area contributed by atoms with Gasteiger partial charge in [0.2, 0.25) is 0 Å². The molecule has 2 amide bonds. The molecule has 0 spiro atoms. The molecule has 1 N–H and O–H groups in total. The summed E-state index contributed by atoms with van der Waals surface area (Å²) in [4.78, 5) is 14.2. The molecule has 1 aromatic carbocycles. The van der Waals surface area contributed by atoms with Crippen LogP contribution in [0.2, 0.25) is 0 Å². The molecule has 7 heteroatoms. The molecule has 1 atom stereocenters. The zero-order valence-corrected chi connectivity index (χ0v) is 14.4. The average Bonchev–Trinajstić information content (AvgIpc) is 3.15.